The topological polar surface area (TPSA) is 55.8 Å². The van der Waals surface area contributed by atoms with Crippen LogP contribution < -0.4 is 0 Å². The minimum Gasteiger partial charge on any atom is -0.469 e. The van der Waals surface area contributed by atoms with Gasteiger partial charge >= 0.3 is 5.97 Å². The van der Waals surface area contributed by atoms with Crippen molar-refractivity contribution in [3.05, 3.63) is 0 Å². The fraction of sp³-hybridized carbons (Fsp3) is 0.889. The molecule has 2 fully saturated rings. The predicted octanol–water partition coefficient (Wildman–Crippen LogP) is 2.77. The van der Waals surface area contributed by atoms with Crippen LogP contribution in [0.4, 0.5) is 0 Å². The Bertz CT molecular complexity index is 386. The van der Waals surface area contributed by atoms with Gasteiger partial charge in [-0.1, -0.05) is 26.2 Å². The second-order valence-electron chi connectivity index (χ2n) is 7.07. The Morgan fingerprint density at radius 2 is 1.91 bits per heavy atom. The zero-order valence-corrected chi connectivity index (χ0v) is 14.6. The van der Waals surface area contributed by atoms with Crippen LogP contribution in [0.25, 0.3) is 0 Å². The van der Waals surface area contributed by atoms with E-state index in [9.17, 15) is 9.59 Å². The van der Waals surface area contributed by atoms with Crippen molar-refractivity contribution >= 4 is 11.9 Å². The Kier molecular flexibility index (Phi) is 7.34. The zero-order valence-electron chi connectivity index (χ0n) is 14.6. The van der Waals surface area contributed by atoms with Crippen LogP contribution in [-0.2, 0) is 19.1 Å². The summed E-state index contributed by atoms with van der Waals surface area (Å²) < 4.78 is 10.5. The number of methoxy groups -OCH3 is 1. The molecule has 0 radical (unpaired) electrons. The molecular formula is C18H31NO4. The number of rotatable bonds is 7. The van der Waals surface area contributed by atoms with Gasteiger partial charge < -0.3 is 14.4 Å². The molecule has 2 rings (SSSR count). The highest BCUT2D eigenvalue weighted by molar-refractivity contribution is 5.78. The van der Waals surface area contributed by atoms with Crippen molar-refractivity contribution in [2.75, 3.05) is 26.8 Å². The number of ether oxygens (including phenoxy) is 2. The molecule has 0 aromatic heterocycles. The minimum absolute atomic E-state index is 0.121. The highest BCUT2D eigenvalue weighted by Crippen LogP contribution is 2.27. The maximum atomic E-state index is 12.8. The Morgan fingerprint density at radius 1 is 1.17 bits per heavy atom. The molecule has 2 atom stereocenters. The molecule has 1 aliphatic carbocycles. The predicted molar refractivity (Wildman–Crippen MR) is 87.9 cm³/mol. The molecule has 2 unspecified atom stereocenters. The van der Waals surface area contributed by atoms with Crippen LogP contribution in [0.15, 0.2) is 0 Å². The van der Waals surface area contributed by atoms with Crippen molar-refractivity contribution in [2.24, 2.45) is 11.8 Å². The van der Waals surface area contributed by atoms with Gasteiger partial charge in [0.05, 0.1) is 19.1 Å². The van der Waals surface area contributed by atoms with E-state index >= 15 is 0 Å². The van der Waals surface area contributed by atoms with E-state index in [0.29, 0.717) is 25.4 Å². The average molecular weight is 325 g/mol. The lowest BCUT2D eigenvalue weighted by Gasteiger charge is -2.30. The quantitative estimate of drug-likeness (QED) is 0.675. The van der Waals surface area contributed by atoms with Crippen LogP contribution in [0.3, 0.4) is 0 Å². The third-order valence-corrected chi connectivity index (χ3v) is 5.09. The lowest BCUT2D eigenvalue weighted by Crippen LogP contribution is -2.42. The van der Waals surface area contributed by atoms with Gasteiger partial charge in [0.1, 0.15) is 0 Å². The van der Waals surface area contributed by atoms with E-state index in [1.54, 1.807) is 0 Å². The summed E-state index contributed by atoms with van der Waals surface area (Å²) in [6.07, 6.45) is 8.88. The monoisotopic (exact) mass is 325 g/mol. The minimum atomic E-state index is -0.295. The molecule has 23 heavy (non-hydrogen) atoms. The van der Waals surface area contributed by atoms with Crippen molar-refractivity contribution in [3.63, 3.8) is 0 Å². The average Bonchev–Trinajstić information content (AvgIpc) is 3.07. The van der Waals surface area contributed by atoms with Gasteiger partial charge in [-0.15, -0.1) is 0 Å². The summed E-state index contributed by atoms with van der Waals surface area (Å²) in [5, 5.41) is 0. The molecule has 1 saturated carbocycles. The van der Waals surface area contributed by atoms with Crippen LogP contribution in [0.2, 0.25) is 0 Å². The fourth-order valence-electron chi connectivity index (χ4n) is 3.69. The molecule has 1 heterocycles. The maximum Gasteiger partial charge on any atom is 0.310 e. The molecule has 0 aromatic rings. The summed E-state index contributed by atoms with van der Waals surface area (Å²) in [4.78, 5) is 26.3. The van der Waals surface area contributed by atoms with Gasteiger partial charge in [0, 0.05) is 26.1 Å². The van der Waals surface area contributed by atoms with E-state index < -0.39 is 0 Å². The van der Waals surface area contributed by atoms with Crippen molar-refractivity contribution < 1.29 is 19.1 Å². The van der Waals surface area contributed by atoms with Gasteiger partial charge in [0.2, 0.25) is 5.91 Å². The summed E-state index contributed by atoms with van der Waals surface area (Å²) in [6, 6.07) is 0. The normalized spacial score (nSPS) is 23.5. The molecule has 132 valence electrons. The van der Waals surface area contributed by atoms with Crippen LogP contribution in [0.1, 0.15) is 58.3 Å². The number of nitrogens with zero attached hydrogens (tertiary/aromatic N) is 1. The zero-order chi connectivity index (χ0) is 16.7. The SMILES string of the molecule is COC(=O)C(C)CN(CC1CCCO1)C(=O)CC1CCCCC1. The summed E-state index contributed by atoms with van der Waals surface area (Å²) >= 11 is 0. The highest BCUT2D eigenvalue weighted by Gasteiger charge is 2.28. The Hall–Kier alpha value is -1.10. The first-order valence-electron chi connectivity index (χ1n) is 9.07. The third-order valence-electron chi connectivity index (χ3n) is 5.09. The fourth-order valence-corrected chi connectivity index (χ4v) is 3.69. The molecule has 1 amide bonds. The summed E-state index contributed by atoms with van der Waals surface area (Å²) in [5.74, 6) is 0.129. The number of hydrogen-bond donors (Lipinski definition) is 0. The number of esters is 1. The van der Waals surface area contributed by atoms with E-state index in [1.165, 1.54) is 26.4 Å². The first-order valence-corrected chi connectivity index (χ1v) is 9.07. The lowest BCUT2D eigenvalue weighted by atomic mass is 9.86. The second-order valence-corrected chi connectivity index (χ2v) is 7.07. The van der Waals surface area contributed by atoms with E-state index in [2.05, 4.69) is 0 Å². The molecule has 0 aromatic carbocycles. The second kappa shape index (κ2) is 9.26. The van der Waals surface area contributed by atoms with E-state index in [1.807, 2.05) is 11.8 Å². The highest BCUT2D eigenvalue weighted by atomic mass is 16.5. The van der Waals surface area contributed by atoms with Gasteiger partial charge in [0.15, 0.2) is 0 Å². The smallest absolute Gasteiger partial charge is 0.310 e. The van der Waals surface area contributed by atoms with Crippen LogP contribution in [0.5, 0.6) is 0 Å². The third kappa shape index (κ3) is 5.79. The standard InChI is InChI=1S/C18H31NO4/c1-14(18(21)22-2)12-19(13-16-9-6-10-23-16)17(20)11-15-7-4-3-5-8-15/h14-16H,3-13H2,1-2H3. The van der Waals surface area contributed by atoms with Gasteiger partial charge in [0.25, 0.3) is 0 Å². The van der Waals surface area contributed by atoms with E-state index in [-0.39, 0.29) is 23.9 Å². The van der Waals surface area contributed by atoms with Crippen molar-refractivity contribution in [1.82, 2.24) is 4.90 Å². The van der Waals surface area contributed by atoms with Crippen molar-refractivity contribution in [1.29, 1.82) is 0 Å². The Balaban J connectivity index is 1.92. The van der Waals surface area contributed by atoms with Gasteiger partial charge in [-0.05, 0) is 31.6 Å². The first kappa shape index (κ1) is 18.2. The molecule has 0 bridgehead atoms. The molecular weight excluding hydrogens is 294 g/mol. The van der Waals surface area contributed by atoms with Gasteiger partial charge in [-0.3, -0.25) is 9.59 Å². The van der Waals surface area contributed by atoms with E-state index in [0.717, 1.165) is 32.3 Å². The Morgan fingerprint density at radius 3 is 2.52 bits per heavy atom. The van der Waals surface area contributed by atoms with Crippen molar-refractivity contribution in [2.45, 2.75) is 64.4 Å². The number of carbonyl (C=O) groups is 2. The number of carbonyl (C=O) groups excluding carboxylic acids is 2. The molecule has 0 N–H and O–H groups in total. The molecule has 2 aliphatic rings. The summed E-state index contributed by atoms with van der Waals surface area (Å²) in [7, 11) is 1.40. The van der Waals surface area contributed by atoms with Crippen LogP contribution >= 0.6 is 0 Å². The van der Waals surface area contributed by atoms with Crippen molar-refractivity contribution in [3.8, 4) is 0 Å². The molecule has 0 spiro atoms. The first-order chi connectivity index (χ1) is 11.1. The molecule has 5 heteroatoms. The van der Waals surface area contributed by atoms with Crippen LogP contribution in [-0.4, -0.2) is 49.7 Å². The van der Waals surface area contributed by atoms with E-state index in [4.69, 9.17) is 9.47 Å². The maximum absolute atomic E-state index is 12.8. The number of hydrogen-bond acceptors (Lipinski definition) is 4. The molecule has 5 nitrogen and oxygen atoms in total. The van der Waals surface area contributed by atoms with Gasteiger partial charge in [-0.2, -0.15) is 0 Å². The molecule has 1 aliphatic heterocycles. The lowest BCUT2D eigenvalue weighted by molar-refractivity contribution is -0.147. The van der Waals surface area contributed by atoms with Crippen LogP contribution in [0, 0.1) is 11.8 Å². The van der Waals surface area contributed by atoms with Gasteiger partial charge in [-0.25, -0.2) is 0 Å². The largest absolute Gasteiger partial charge is 0.469 e. The molecule has 1 saturated heterocycles. The Labute approximate surface area is 139 Å². The summed E-state index contributed by atoms with van der Waals surface area (Å²) in [5.41, 5.74) is 0. The number of amides is 1. The summed E-state index contributed by atoms with van der Waals surface area (Å²) in [6.45, 7) is 3.63.